The molecule has 5 saturated carbocycles. The summed E-state index contributed by atoms with van der Waals surface area (Å²) in [6, 6.07) is 0.0144. The summed E-state index contributed by atoms with van der Waals surface area (Å²) in [5.41, 5.74) is 0.720. The highest BCUT2D eigenvalue weighted by molar-refractivity contribution is 6.02. The minimum absolute atomic E-state index is 0.00843. The van der Waals surface area contributed by atoms with Crippen LogP contribution in [0.25, 0.3) is 0 Å². The fraction of sp³-hybridized carbons (Fsp3) is 0.867. The van der Waals surface area contributed by atoms with E-state index in [1.807, 2.05) is 0 Å². The van der Waals surface area contributed by atoms with Crippen LogP contribution in [-0.4, -0.2) is 47.0 Å². The summed E-state index contributed by atoms with van der Waals surface area (Å²) in [7, 11) is 0. The minimum Gasteiger partial charge on any atom is -0.481 e. The number of hydrogen-bond acceptors (Lipinski definition) is 5. The molecule has 298 valence electrons. The summed E-state index contributed by atoms with van der Waals surface area (Å²) in [4.78, 5) is 52.3. The van der Waals surface area contributed by atoms with Crippen LogP contribution in [0.15, 0.2) is 11.1 Å². The van der Waals surface area contributed by atoms with Crippen molar-refractivity contribution in [1.29, 1.82) is 0 Å². The van der Waals surface area contributed by atoms with Gasteiger partial charge in [-0.1, -0.05) is 67.7 Å². The number of amides is 2. The second-order valence-electron chi connectivity index (χ2n) is 21.2. The molecule has 6 rings (SSSR count). The van der Waals surface area contributed by atoms with Crippen molar-refractivity contribution in [1.82, 2.24) is 10.6 Å². The smallest absolute Gasteiger partial charge is 0.315 e. The lowest BCUT2D eigenvalue weighted by Crippen LogP contribution is -2.67. The van der Waals surface area contributed by atoms with Gasteiger partial charge in [0.2, 0.25) is 0 Å². The van der Waals surface area contributed by atoms with Gasteiger partial charge in [0.15, 0.2) is 5.78 Å². The van der Waals surface area contributed by atoms with Gasteiger partial charge in [0.1, 0.15) is 0 Å². The monoisotopic (exact) mass is 737 g/mol. The van der Waals surface area contributed by atoms with Gasteiger partial charge in [-0.25, -0.2) is 4.79 Å². The van der Waals surface area contributed by atoms with E-state index in [0.717, 1.165) is 56.9 Å². The number of fused-ring (bicyclic) bond motifs is 7. The Morgan fingerprint density at radius 1 is 0.849 bits per heavy atom. The summed E-state index contributed by atoms with van der Waals surface area (Å²) in [5, 5.41) is 16.4. The normalized spacial score (nSPS) is 39.0. The Hall–Kier alpha value is -2.38. The third-order valence-corrected chi connectivity index (χ3v) is 17.4. The highest BCUT2D eigenvalue weighted by atomic mass is 16.5. The molecule has 0 spiro atoms. The molecule has 0 bridgehead atoms. The van der Waals surface area contributed by atoms with Crippen molar-refractivity contribution in [2.45, 2.75) is 177 Å². The van der Waals surface area contributed by atoms with E-state index in [4.69, 9.17) is 4.74 Å². The molecule has 0 saturated heterocycles. The first-order valence-electron chi connectivity index (χ1n) is 21.4. The molecule has 0 radical (unpaired) electrons. The van der Waals surface area contributed by atoms with Crippen molar-refractivity contribution in [2.24, 2.45) is 62.6 Å². The van der Waals surface area contributed by atoms with Crippen LogP contribution in [0.1, 0.15) is 166 Å². The number of ketones is 1. The van der Waals surface area contributed by atoms with Crippen molar-refractivity contribution < 1.29 is 29.0 Å². The molecule has 0 heterocycles. The number of urea groups is 1. The molecule has 8 heteroatoms. The second kappa shape index (κ2) is 14.0. The molecule has 0 aromatic rings. The maximum absolute atomic E-state index is 14.0. The van der Waals surface area contributed by atoms with Crippen LogP contribution in [-0.2, 0) is 19.1 Å². The first-order chi connectivity index (χ1) is 24.6. The number of Topliss-reactive ketones (excluding diaryl/α,β-unsaturated/α-hetero) is 1. The van der Waals surface area contributed by atoms with Crippen molar-refractivity contribution in [3.05, 3.63) is 11.1 Å². The van der Waals surface area contributed by atoms with Gasteiger partial charge in [0.25, 0.3) is 0 Å². The van der Waals surface area contributed by atoms with Gasteiger partial charge < -0.3 is 20.5 Å². The molecule has 53 heavy (non-hydrogen) atoms. The molecule has 5 fully saturated rings. The van der Waals surface area contributed by atoms with Crippen LogP contribution in [0.2, 0.25) is 0 Å². The first kappa shape index (κ1) is 40.3. The van der Waals surface area contributed by atoms with Crippen LogP contribution >= 0.6 is 0 Å². The molecular formula is C45H72N2O6. The highest BCUT2D eigenvalue weighted by Gasteiger charge is 2.70. The fourth-order valence-electron chi connectivity index (χ4n) is 14.0. The predicted octanol–water partition coefficient (Wildman–Crippen LogP) is 9.65. The van der Waals surface area contributed by atoms with Gasteiger partial charge >= 0.3 is 18.0 Å². The first-order valence-corrected chi connectivity index (χ1v) is 21.4. The Morgan fingerprint density at radius 2 is 1.53 bits per heavy atom. The molecular weight excluding hydrogens is 665 g/mol. The Morgan fingerprint density at radius 3 is 2.17 bits per heavy atom. The highest BCUT2D eigenvalue weighted by Crippen LogP contribution is 2.76. The predicted molar refractivity (Wildman–Crippen MR) is 208 cm³/mol. The molecule has 6 aliphatic rings. The number of carboxylic acids is 1. The average molecular weight is 737 g/mol. The van der Waals surface area contributed by atoms with Gasteiger partial charge in [0.05, 0.1) is 24.0 Å². The average Bonchev–Trinajstić information content (AvgIpc) is 3.36. The molecule has 2 amide bonds. The quantitative estimate of drug-likeness (QED) is 0.203. The maximum Gasteiger partial charge on any atom is 0.315 e. The Bertz CT molecular complexity index is 1510. The SMILES string of the molecule is CC(C)C1=C2C3CCC4C5(C)CC[C@H](COC(=O)CC(C)(C)C(=O)O)C(C)(C)C5CCC4(C)[C@]3(C)CC[C@@]2(NC(=O)N[C@H](C)C2CCCCC2)CC1=O. The topological polar surface area (TPSA) is 122 Å². The summed E-state index contributed by atoms with van der Waals surface area (Å²) in [6.07, 6.45) is 14.7. The van der Waals surface area contributed by atoms with E-state index < -0.39 is 22.9 Å². The van der Waals surface area contributed by atoms with Crippen LogP contribution < -0.4 is 10.6 Å². The zero-order valence-corrected chi connectivity index (χ0v) is 34.8. The maximum atomic E-state index is 14.0. The number of rotatable bonds is 9. The molecule has 5 unspecified atom stereocenters. The lowest BCUT2D eigenvalue weighted by molar-refractivity contribution is -0.222. The Labute approximate surface area is 320 Å². The van der Waals surface area contributed by atoms with Gasteiger partial charge in [-0.2, -0.15) is 0 Å². The van der Waals surface area contributed by atoms with Gasteiger partial charge in [0, 0.05) is 12.5 Å². The van der Waals surface area contributed by atoms with E-state index in [1.165, 1.54) is 37.7 Å². The van der Waals surface area contributed by atoms with Gasteiger partial charge in [-0.05, 0) is 153 Å². The molecule has 3 N–H and O–H groups in total. The van der Waals surface area contributed by atoms with E-state index in [-0.39, 0.29) is 63.7 Å². The number of carbonyl (C=O) groups excluding carboxylic acids is 3. The fourth-order valence-corrected chi connectivity index (χ4v) is 14.0. The van der Waals surface area contributed by atoms with Crippen LogP contribution in [0, 0.1) is 62.6 Å². The number of aliphatic carboxylic acids is 1. The molecule has 8 nitrogen and oxygen atoms in total. The molecule has 6 aliphatic carbocycles. The van der Waals surface area contributed by atoms with E-state index >= 15 is 0 Å². The Kier molecular flexibility index (Phi) is 10.6. The van der Waals surface area contributed by atoms with Gasteiger partial charge in [-0.15, -0.1) is 0 Å². The number of allylic oxidation sites excluding steroid dienone is 1. The third kappa shape index (κ3) is 6.60. The largest absolute Gasteiger partial charge is 0.481 e. The number of carboxylic acid groups (broad SMARTS) is 1. The molecule has 9 atom stereocenters. The van der Waals surface area contributed by atoms with Crippen molar-refractivity contribution in [2.75, 3.05) is 6.61 Å². The summed E-state index contributed by atoms with van der Waals surface area (Å²) in [6.45, 7) is 22.4. The lowest BCUT2D eigenvalue weighted by Gasteiger charge is -2.72. The summed E-state index contributed by atoms with van der Waals surface area (Å²) in [5.74, 6) is 0.963. The second-order valence-corrected chi connectivity index (χ2v) is 21.2. The standard InChI is InChI=1S/C45H72N2O6/c1-27(2)36-32(48)24-45(47-39(52)46-28(3)29-14-12-11-13-15-29)23-22-43(9)31(37(36)45)16-17-34-42(8)20-18-30(26-53-35(49)25-40(4,5)38(50)51)41(6,7)33(42)19-21-44(34,43)10/h27-31,33-34H,11-26H2,1-10H3,(H,50,51)(H2,46,47,52)/t28-,30-,31?,33?,34?,42?,43-,44?,45-/m1/s1. The molecule has 0 aliphatic heterocycles. The van der Waals surface area contributed by atoms with E-state index in [0.29, 0.717) is 30.8 Å². The molecule has 0 aromatic heterocycles. The lowest BCUT2D eigenvalue weighted by atomic mass is 9.33. The number of nitrogens with one attached hydrogen (secondary N) is 2. The van der Waals surface area contributed by atoms with Crippen molar-refractivity contribution in [3.63, 3.8) is 0 Å². The zero-order chi connectivity index (χ0) is 38.9. The number of ether oxygens (including phenoxy) is 1. The van der Waals surface area contributed by atoms with E-state index in [2.05, 4.69) is 66.0 Å². The number of carbonyl (C=O) groups is 4. The van der Waals surface area contributed by atoms with E-state index in [9.17, 15) is 24.3 Å². The van der Waals surface area contributed by atoms with Gasteiger partial charge in [-0.3, -0.25) is 14.4 Å². The van der Waals surface area contributed by atoms with Crippen LogP contribution in [0.4, 0.5) is 4.79 Å². The number of hydrogen-bond donors (Lipinski definition) is 3. The van der Waals surface area contributed by atoms with Crippen LogP contribution in [0.5, 0.6) is 0 Å². The molecule has 0 aromatic carbocycles. The Balaban J connectivity index is 1.23. The minimum atomic E-state index is -1.15. The number of esters is 1. The van der Waals surface area contributed by atoms with Crippen molar-refractivity contribution in [3.8, 4) is 0 Å². The summed E-state index contributed by atoms with van der Waals surface area (Å²) < 4.78 is 5.83. The zero-order valence-electron chi connectivity index (χ0n) is 34.8. The van der Waals surface area contributed by atoms with Crippen LogP contribution in [0.3, 0.4) is 0 Å². The van der Waals surface area contributed by atoms with Crippen molar-refractivity contribution >= 4 is 23.8 Å². The summed E-state index contributed by atoms with van der Waals surface area (Å²) >= 11 is 0. The third-order valence-electron chi connectivity index (χ3n) is 17.4. The van der Waals surface area contributed by atoms with E-state index in [1.54, 1.807) is 13.8 Å².